The van der Waals surface area contributed by atoms with Gasteiger partial charge in [0.15, 0.2) is 0 Å². The molecule has 0 aliphatic heterocycles. The Morgan fingerprint density at radius 1 is 1.47 bits per heavy atom. The van der Waals surface area contributed by atoms with Crippen LogP contribution in [0.4, 0.5) is 5.69 Å². The van der Waals surface area contributed by atoms with Gasteiger partial charge in [0.25, 0.3) is 5.69 Å². The summed E-state index contributed by atoms with van der Waals surface area (Å²) in [7, 11) is 0. The molecule has 0 aromatic heterocycles. The van der Waals surface area contributed by atoms with E-state index in [9.17, 15) is 10.1 Å². The van der Waals surface area contributed by atoms with E-state index >= 15 is 0 Å². The molecule has 0 fully saturated rings. The highest BCUT2D eigenvalue weighted by atomic mass is 35.5. The van der Waals surface area contributed by atoms with Crippen molar-refractivity contribution < 1.29 is 4.92 Å². The zero-order chi connectivity index (χ0) is 12.7. The van der Waals surface area contributed by atoms with E-state index in [2.05, 4.69) is 5.32 Å². The van der Waals surface area contributed by atoms with Gasteiger partial charge in [-0.05, 0) is 31.0 Å². The molecule has 0 saturated heterocycles. The van der Waals surface area contributed by atoms with Crippen molar-refractivity contribution in [3.05, 3.63) is 51.1 Å². The van der Waals surface area contributed by atoms with Crippen LogP contribution in [0.3, 0.4) is 0 Å². The van der Waals surface area contributed by atoms with E-state index in [1.165, 1.54) is 12.1 Å². The number of nitro benzene ring substituents is 1. The predicted octanol–water partition coefficient (Wildman–Crippen LogP) is 2.87. The smallest absolute Gasteiger partial charge is 0.269 e. The number of hydrogen-bond acceptors (Lipinski definition) is 3. The number of non-ortho nitro benzene ring substituents is 1. The van der Waals surface area contributed by atoms with Crippen LogP contribution in [0.1, 0.15) is 12.5 Å². The van der Waals surface area contributed by atoms with Gasteiger partial charge in [-0.25, -0.2) is 0 Å². The first-order valence-electron chi connectivity index (χ1n) is 5.33. The molecule has 0 heterocycles. The average Bonchev–Trinajstić information content (AvgIpc) is 2.34. The minimum Gasteiger partial charge on any atom is -0.313 e. The van der Waals surface area contributed by atoms with Gasteiger partial charge < -0.3 is 5.32 Å². The number of nitro groups is 1. The summed E-state index contributed by atoms with van der Waals surface area (Å²) in [6.07, 6.45) is 0.841. The maximum atomic E-state index is 10.5. The summed E-state index contributed by atoms with van der Waals surface area (Å²) in [5.41, 5.74) is 3.84. The molecular formula is C12H15ClN2O2. The van der Waals surface area contributed by atoms with Crippen molar-refractivity contribution in [1.29, 1.82) is 0 Å². The summed E-state index contributed by atoms with van der Waals surface area (Å²) in [6, 6.07) is 6.62. The van der Waals surface area contributed by atoms with Gasteiger partial charge >= 0.3 is 0 Å². The van der Waals surface area contributed by atoms with Crippen LogP contribution in [0.5, 0.6) is 0 Å². The Morgan fingerprint density at radius 3 is 2.65 bits per heavy atom. The Hall–Kier alpha value is -1.39. The molecule has 1 rings (SSSR count). The zero-order valence-corrected chi connectivity index (χ0v) is 10.4. The molecule has 0 saturated carbocycles. The largest absolute Gasteiger partial charge is 0.313 e. The van der Waals surface area contributed by atoms with Gasteiger partial charge in [0.2, 0.25) is 0 Å². The molecule has 0 aliphatic rings. The number of rotatable bonds is 6. The Labute approximate surface area is 105 Å². The summed E-state index contributed by atoms with van der Waals surface area (Å²) < 4.78 is 0. The Morgan fingerprint density at radius 2 is 2.12 bits per heavy atom. The molecule has 1 aromatic carbocycles. The normalized spacial score (nSPS) is 11.5. The predicted molar refractivity (Wildman–Crippen MR) is 69.3 cm³/mol. The number of hydrogen-bond donors (Lipinski definition) is 1. The SMILES string of the molecule is C/C(=C/Cl)CNCCc1ccc([N+](=O)[O-])cc1. The zero-order valence-electron chi connectivity index (χ0n) is 9.65. The van der Waals surface area contributed by atoms with Crippen LogP contribution in [-0.2, 0) is 6.42 Å². The van der Waals surface area contributed by atoms with Crippen molar-refractivity contribution in [2.24, 2.45) is 0 Å². The second-order valence-electron chi connectivity index (χ2n) is 3.81. The van der Waals surface area contributed by atoms with Crippen LogP contribution in [-0.4, -0.2) is 18.0 Å². The second kappa shape index (κ2) is 7.04. The van der Waals surface area contributed by atoms with Crippen LogP contribution in [0.2, 0.25) is 0 Å². The fourth-order valence-electron chi connectivity index (χ4n) is 1.34. The maximum Gasteiger partial charge on any atom is 0.269 e. The van der Waals surface area contributed by atoms with Crippen molar-refractivity contribution >= 4 is 17.3 Å². The van der Waals surface area contributed by atoms with Gasteiger partial charge in [-0.1, -0.05) is 23.7 Å². The molecule has 0 aliphatic carbocycles. The molecule has 0 radical (unpaired) electrons. The quantitative estimate of drug-likeness (QED) is 0.482. The van der Waals surface area contributed by atoms with E-state index in [-0.39, 0.29) is 5.69 Å². The topological polar surface area (TPSA) is 55.2 Å². The lowest BCUT2D eigenvalue weighted by molar-refractivity contribution is -0.384. The average molecular weight is 255 g/mol. The van der Waals surface area contributed by atoms with Crippen LogP contribution < -0.4 is 5.32 Å². The molecule has 0 amide bonds. The lowest BCUT2D eigenvalue weighted by atomic mass is 10.1. The second-order valence-corrected chi connectivity index (χ2v) is 4.02. The first-order chi connectivity index (χ1) is 8.13. The van der Waals surface area contributed by atoms with Crippen molar-refractivity contribution in [2.45, 2.75) is 13.3 Å². The third-order valence-electron chi connectivity index (χ3n) is 2.33. The Balaban J connectivity index is 2.35. The van der Waals surface area contributed by atoms with E-state index in [0.717, 1.165) is 30.6 Å². The number of benzene rings is 1. The Bertz CT molecular complexity index is 401. The summed E-state index contributed by atoms with van der Waals surface area (Å²) in [5, 5.41) is 13.7. The molecule has 1 N–H and O–H groups in total. The molecule has 4 nitrogen and oxygen atoms in total. The molecule has 0 spiro atoms. The monoisotopic (exact) mass is 254 g/mol. The lowest BCUT2D eigenvalue weighted by Gasteiger charge is -2.04. The maximum absolute atomic E-state index is 10.5. The molecule has 1 aromatic rings. The fourth-order valence-corrected chi connectivity index (χ4v) is 1.42. The van der Waals surface area contributed by atoms with Crippen molar-refractivity contribution in [3.8, 4) is 0 Å². The highest BCUT2D eigenvalue weighted by Crippen LogP contribution is 2.11. The van der Waals surface area contributed by atoms with E-state index in [0.29, 0.717) is 0 Å². The van der Waals surface area contributed by atoms with E-state index in [1.54, 1.807) is 17.7 Å². The summed E-state index contributed by atoms with van der Waals surface area (Å²) in [5.74, 6) is 0. The summed E-state index contributed by atoms with van der Waals surface area (Å²) in [6.45, 7) is 3.53. The molecule has 0 atom stereocenters. The van der Waals surface area contributed by atoms with Crippen molar-refractivity contribution in [3.63, 3.8) is 0 Å². The molecule has 5 heteroatoms. The highest BCUT2D eigenvalue weighted by molar-refractivity contribution is 6.25. The van der Waals surface area contributed by atoms with Gasteiger partial charge in [0, 0.05) is 24.2 Å². The number of nitrogens with zero attached hydrogens (tertiary/aromatic N) is 1. The van der Waals surface area contributed by atoms with E-state index in [4.69, 9.17) is 11.6 Å². The van der Waals surface area contributed by atoms with Gasteiger partial charge in [0.1, 0.15) is 0 Å². The summed E-state index contributed by atoms with van der Waals surface area (Å²) >= 11 is 5.53. The van der Waals surface area contributed by atoms with Crippen molar-refractivity contribution in [2.75, 3.05) is 13.1 Å². The van der Waals surface area contributed by atoms with Crippen LogP contribution in [0, 0.1) is 10.1 Å². The Kier molecular flexibility index (Phi) is 5.66. The van der Waals surface area contributed by atoms with Gasteiger partial charge in [0.05, 0.1) is 4.92 Å². The van der Waals surface area contributed by atoms with Gasteiger partial charge in [-0.2, -0.15) is 0 Å². The van der Waals surface area contributed by atoms with Crippen LogP contribution >= 0.6 is 11.6 Å². The molecule has 0 bridgehead atoms. The lowest BCUT2D eigenvalue weighted by Crippen LogP contribution is -2.19. The molecule has 0 unspecified atom stereocenters. The molecular weight excluding hydrogens is 240 g/mol. The fraction of sp³-hybridized carbons (Fsp3) is 0.333. The number of nitrogens with one attached hydrogen (secondary N) is 1. The number of halogens is 1. The first kappa shape index (κ1) is 13.7. The molecule has 92 valence electrons. The van der Waals surface area contributed by atoms with Crippen LogP contribution in [0.15, 0.2) is 35.4 Å². The van der Waals surface area contributed by atoms with Crippen molar-refractivity contribution in [1.82, 2.24) is 5.32 Å². The van der Waals surface area contributed by atoms with Gasteiger partial charge in [-0.3, -0.25) is 10.1 Å². The van der Waals surface area contributed by atoms with Gasteiger partial charge in [-0.15, -0.1) is 0 Å². The third kappa shape index (κ3) is 4.97. The minimum atomic E-state index is -0.392. The molecule has 17 heavy (non-hydrogen) atoms. The summed E-state index contributed by atoms with van der Waals surface area (Å²) in [4.78, 5) is 10.1. The minimum absolute atomic E-state index is 0.127. The standard InChI is InChI=1S/C12H15ClN2O2/c1-10(8-13)9-14-7-6-11-2-4-12(5-3-11)15(16)17/h2-5,8,14H,6-7,9H2,1H3/b10-8-. The highest BCUT2D eigenvalue weighted by Gasteiger charge is 2.03. The van der Waals surface area contributed by atoms with E-state index < -0.39 is 4.92 Å². The van der Waals surface area contributed by atoms with Crippen LogP contribution in [0.25, 0.3) is 0 Å². The third-order valence-corrected chi connectivity index (χ3v) is 2.70. The first-order valence-corrected chi connectivity index (χ1v) is 5.77. The van der Waals surface area contributed by atoms with E-state index in [1.807, 2.05) is 6.92 Å².